The summed E-state index contributed by atoms with van der Waals surface area (Å²) < 4.78 is 0. The van der Waals surface area contributed by atoms with Crippen LogP contribution in [0.2, 0.25) is 0 Å². The molecule has 0 radical (unpaired) electrons. The molecular weight excluding hydrogens is 252 g/mol. The van der Waals surface area contributed by atoms with Crippen molar-refractivity contribution in [2.75, 3.05) is 31.2 Å². The molecule has 1 aromatic rings. The fraction of sp³-hybridized carbons (Fsp3) is 0.625. The third kappa shape index (κ3) is 4.43. The number of thioether (sulfide) groups is 1. The topological polar surface area (TPSA) is 15.3 Å². The molecule has 1 heterocycles. The molecule has 3 heteroatoms. The highest BCUT2D eigenvalue weighted by Gasteiger charge is 2.16. The van der Waals surface area contributed by atoms with Crippen molar-refractivity contribution in [1.29, 1.82) is 0 Å². The molecule has 0 amide bonds. The number of rotatable bonds is 5. The average Bonchev–Trinajstić information content (AvgIpc) is 2.66. The Kier molecular flexibility index (Phi) is 6.05. The summed E-state index contributed by atoms with van der Waals surface area (Å²) in [5.41, 5.74) is 1.31. The predicted molar refractivity (Wildman–Crippen MR) is 86.2 cm³/mol. The first kappa shape index (κ1) is 14.7. The summed E-state index contributed by atoms with van der Waals surface area (Å²) in [7, 11) is 0. The first-order chi connectivity index (χ1) is 9.33. The standard InChI is InChI=1S/C16H26N2S/c1-3-11-18-12-6-7-14(10-13-18)17-15-8-4-5-9-16(15)19-2/h4-5,8-9,14,17H,3,6-7,10-13H2,1-2H3. The molecule has 106 valence electrons. The van der Waals surface area contributed by atoms with Gasteiger partial charge >= 0.3 is 0 Å². The zero-order chi connectivity index (χ0) is 13.5. The zero-order valence-corrected chi connectivity index (χ0v) is 13.0. The summed E-state index contributed by atoms with van der Waals surface area (Å²) in [6.45, 7) is 6.05. The summed E-state index contributed by atoms with van der Waals surface area (Å²) in [5, 5.41) is 3.76. The van der Waals surface area contributed by atoms with Crippen LogP contribution in [-0.4, -0.2) is 36.8 Å². The van der Waals surface area contributed by atoms with Gasteiger partial charge in [-0.1, -0.05) is 19.1 Å². The van der Waals surface area contributed by atoms with Gasteiger partial charge in [0.15, 0.2) is 0 Å². The second-order valence-electron chi connectivity index (χ2n) is 5.31. The Morgan fingerprint density at radius 3 is 2.89 bits per heavy atom. The van der Waals surface area contributed by atoms with E-state index >= 15 is 0 Å². The zero-order valence-electron chi connectivity index (χ0n) is 12.2. The Labute approximate surface area is 122 Å². The van der Waals surface area contributed by atoms with Crippen LogP contribution in [0.4, 0.5) is 5.69 Å². The van der Waals surface area contributed by atoms with E-state index in [1.807, 2.05) is 11.8 Å². The largest absolute Gasteiger partial charge is 0.381 e. The molecule has 2 nitrogen and oxygen atoms in total. The van der Waals surface area contributed by atoms with Crippen LogP contribution in [0.1, 0.15) is 32.6 Å². The summed E-state index contributed by atoms with van der Waals surface area (Å²) in [5.74, 6) is 0. The van der Waals surface area contributed by atoms with Gasteiger partial charge in [0.2, 0.25) is 0 Å². The lowest BCUT2D eigenvalue weighted by Gasteiger charge is -2.21. The molecule has 1 aromatic carbocycles. The molecule has 0 bridgehead atoms. The monoisotopic (exact) mass is 278 g/mol. The first-order valence-corrected chi connectivity index (χ1v) is 8.68. The number of hydrogen-bond acceptors (Lipinski definition) is 3. The lowest BCUT2D eigenvalue weighted by molar-refractivity contribution is 0.285. The molecule has 1 saturated heterocycles. The number of nitrogens with zero attached hydrogens (tertiary/aromatic N) is 1. The molecular formula is C16H26N2S. The van der Waals surface area contributed by atoms with E-state index in [9.17, 15) is 0 Å². The maximum absolute atomic E-state index is 3.76. The number of benzene rings is 1. The van der Waals surface area contributed by atoms with Crippen LogP contribution >= 0.6 is 11.8 Å². The van der Waals surface area contributed by atoms with Gasteiger partial charge in [0.05, 0.1) is 0 Å². The number of anilines is 1. The predicted octanol–water partition coefficient (Wildman–Crippen LogP) is 4.08. The van der Waals surface area contributed by atoms with Crippen molar-refractivity contribution < 1.29 is 0 Å². The molecule has 1 N–H and O–H groups in total. The Hall–Kier alpha value is -0.670. The fourth-order valence-electron chi connectivity index (χ4n) is 2.82. The van der Waals surface area contributed by atoms with Crippen LogP contribution < -0.4 is 5.32 Å². The number of hydrogen-bond donors (Lipinski definition) is 1. The summed E-state index contributed by atoms with van der Waals surface area (Å²) in [4.78, 5) is 3.97. The van der Waals surface area contributed by atoms with Gasteiger partial charge in [-0.15, -0.1) is 11.8 Å². The van der Waals surface area contributed by atoms with Crippen molar-refractivity contribution >= 4 is 17.4 Å². The molecule has 1 unspecified atom stereocenters. The quantitative estimate of drug-likeness (QED) is 0.817. The van der Waals surface area contributed by atoms with Crippen molar-refractivity contribution in [3.8, 4) is 0 Å². The van der Waals surface area contributed by atoms with Crippen molar-refractivity contribution in [2.45, 2.75) is 43.5 Å². The molecule has 19 heavy (non-hydrogen) atoms. The third-order valence-electron chi connectivity index (χ3n) is 3.83. The molecule has 2 rings (SSSR count). The minimum Gasteiger partial charge on any atom is -0.381 e. The van der Waals surface area contributed by atoms with E-state index in [0.717, 1.165) is 0 Å². The van der Waals surface area contributed by atoms with Crippen LogP contribution in [0, 0.1) is 0 Å². The van der Waals surface area contributed by atoms with Crippen LogP contribution in [0.3, 0.4) is 0 Å². The van der Waals surface area contributed by atoms with E-state index in [0.29, 0.717) is 6.04 Å². The maximum atomic E-state index is 3.76. The van der Waals surface area contributed by atoms with Crippen molar-refractivity contribution in [1.82, 2.24) is 4.90 Å². The lowest BCUT2D eigenvalue weighted by atomic mass is 10.1. The maximum Gasteiger partial charge on any atom is 0.0480 e. The first-order valence-electron chi connectivity index (χ1n) is 7.45. The smallest absolute Gasteiger partial charge is 0.0480 e. The highest BCUT2D eigenvalue weighted by atomic mass is 32.2. The molecule has 0 aliphatic carbocycles. The average molecular weight is 278 g/mol. The Balaban J connectivity index is 1.92. The van der Waals surface area contributed by atoms with E-state index in [2.05, 4.69) is 47.7 Å². The van der Waals surface area contributed by atoms with Gasteiger partial charge in [0, 0.05) is 23.2 Å². The third-order valence-corrected chi connectivity index (χ3v) is 4.62. The summed E-state index contributed by atoms with van der Waals surface area (Å²) >= 11 is 1.82. The van der Waals surface area contributed by atoms with Gasteiger partial charge in [-0.25, -0.2) is 0 Å². The van der Waals surface area contributed by atoms with Crippen LogP contribution in [0.15, 0.2) is 29.2 Å². The lowest BCUT2D eigenvalue weighted by Crippen LogP contribution is -2.27. The normalized spacial score (nSPS) is 21.1. The Bertz CT molecular complexity index is 381. The molecule has 1 atom stereocenters. The van der Waals surface area contributed by atoms with Crippen LogP contribution in [0.5, 0.6) is 0 Å². The van der Waals surface area contributed by atoms with E-state index in [1.165, 1.54) is 55.9 Å². The second-order valence-corrected chi connectivity index (χ2v) is 6.16. The minimum atomic E-state index is 0.634. The molecule has 0 saturated carbocycles. The van der Waals surface area contributed by atoms with Crippen molar-refractivity contribution in [2.24, 2.45) is 0 Å². The van der Waals surface area contributed by atoms with Crippen LogP contribution in [-0.2, 0) is 0 Å². The van der Waals surface area contributed by atoms with Gasteiger partial charge in [0.1, 0.15) is 0 Å². The van der Waals surface area contributed by atoms with Crippen molar-refractivity contribution in [3.63, 3.8) is 0 Å². The molecule has 0 aromatic heterocycles. The molecule has 1 aliphatic rings. The van der Waals surface area contributed by atoms with E-state index in [1.54, 1.807) is 0 Å². The molecule has 0 spiro atoms. The number of nitrogens with one attached hydrogen (secondary N) is 1. The van der Waals surface area contributed by atoms with E-state index < -0.39 is 0 Å². The summed E-state index contributed by atoms with van der Waals surface area (Å²) in [6, 6.07) is 9.29. The SMILES string of the molecule is CCCN1CCCC(Nc2ccccc2SC)CC1. The number of para-hydroxylation sites is 1. The van der Waals surface area contributed by atoms with Crippen LogP contribution in [0.25, 0.3) is 0 Å². The minimum absolute atomic E-state index is 0.634. The Morgan fingerprint density at radius 1 is 1.26 bits per heavy atom. The van der Waals surface area contributed by atoms with E-state index in [-0.39, 0.29) is 0 Å². The summed E-state index contributed by atoms with van der Waals surface area (Å²) in [6.07, 6.45) is 7.30. The highest BCUT2D eigenvalue weighted by Crippen LogP contribution is 2.27. The van der Waals surface area contributed by atoms with Gasteiger partial charge in [0.25, 0.3) is 0 Å². The molecule has 1 fully saturated rings. The second kappa shape index (κ2) is 7.81. The number of likely N-dealkylation sites (tertiary alicyclic amines) is 1. The fourth-order valence-corrected chi connectivity index (χ4v) is 3.39. The highest BCUT2D eigenvalue weighted by molar-refractivity contribution is 7.98. The Morgan fingerprint density at radius 2 is 2.11 bits per heavy atom. The van der Waals surface area contributed by atoms with Crippen molar-refractivity contribution in [3.05, 3.63) is 24.3 Å². The van der Waals surface area contributed by atoms with E-state index in [4.69, 9.17) is 0 Å². The molecule has 1 aliphatic heterocycles. The van der Waals surface area contributed by atoms with Gasteiger partial charge < -0.3 is 10.2 Å². The van der Waals surface area contributed by atoms with Gasteiger partial charge in [-0.2, -0.15) is 0 Å². The van der Waals surface area contributed by atoms with Gasteiger partial charge in [-0.05, 0) is 57.2 Å². The van der Waals surface area contributed by atoms with Gasteiger partial charge in [-0.3, -0.25) is 0 Å².